The maximum atomic E-state index is 11.6. The SMILES string of the molecule is COCCNC(=NCc1ccc([N+](=O)[O-])cc1)NC1CCS(=O)(=O)C1.I. The summed E-state index contributed by atoms with van der Waals surface area (Å²) in [4.78, 5) is 14.6. The summed E-state index contributed by atoms with van der Waals surface area (Å²) in [6.45, 7) is 1.34. The number of halogens is 1. The van der Waals surface area contributed by atoms with E-state index in [2.05, 4.69) is 15.6 Å². The van der Waals surface area contributed by atoms with Gasteiger partial charge in [0.25, 0.3) is 5.69 Å². The van der Waals surface area contributed by atoms with Crippen LogP contribution in [0.4, 0.5) is 5.69 Å². The minimum atomic E-state index is -2.98. The van der Waals surface area contributed by atoms with E-state index in [-0.39, 0.29) is 47.2 Å². The van der Waals surface area contributed by atoms with Gasteiger partial charge in [0.2, 0.25) is 0 Å². The van der Waals surface area contributed by atoms with Crippen LogP contribution in [0.25, 0.3) is 0 Å². The zero-order chi connectivity index (χ0) is 18.3. The summed E-state index contributed by atoms with van der Waals surface area (Å²) in [7, 11) is -1.39. The van der Waals surface area contributed by atoms with Gasteiger partial charge in [-0.05, 0) is 12.0 Å². The molecule has 2 rings (SSSR count). The molecule has 1 saturated heterocycles. The molecule has 1 atom stereocenters. The minimum Gasteiger partial charge on any atom is -0.383 e. The van der Waals surface area contributed by atoms with Gasteiger partial charge in [-0.3, -0.25) is 10.1 Å². The van der Waals surface area contributed by atoms with Crippen molar-refractivity contribution in [2.75, 3.05) is 31.8 Å². The number of hydrogen-bond donors (Lipinski definition) is 2. The number of ether oxygens (including phenoxy) is 1. The van der Waals surface area contributed by atoms with Crippen molar-refractivity contribution in [2.24, 2.45) is 4.99 Å². The van der Waals surface area contributed by atoms with Crippen LogP contribution in [0.15, 0.2) is 29.3 Å². The number of sulfone groups is 1. The van der Waals surface area contributed by atoms with Crippen LogP contribution >= 0.6 is 24.0 Å². The van der Waals surface area contributed by atoms with E-state index in [0.29, 0.717) is 32.1 Å². The summed E-state index contributed by atoms with van der Waals surface area (Å²) >= 11 is 0. The quantitative estimate of drug-likeness (QED) is 0.144. The molecular weight excluding hydrogens is 475 g/mol. The van der Waals surface area contributed by atoms with Gasteiger partial charge in [0.05, 0.1) is 29.6 Å². The summed E-state index contributed by atoms with van der Waals surface area (Å²) in [6.07, 6.45) is 0.546. The number of nitro benzene ring substituents is 1. The molecule has 11 heteroatoms. The summed E-state index contributed by atoms with van der Waals surface area (Å²) < 4.78 is 28.1. The number of aliphatic imine (C=N–C) groups is 1. The normalized spacial score (nSPS) is 18.8. The number of nitro groups is 1. The molecule has 0 radical (unpaired) electrons. The summed E-state index contributed by atoms with van der Waals surface area (Å²) in [6, 6.07) is 5.98. The first-order valence-corrected chi connectivity index (χ1v) is 9.69. The number of guanidine groups is 1. The van der Waals surface area contributed by atoms with Crippen LogP contribution in [-0.2, 0) is 21.1 Å². The largest absolute Gasteiger partial charge is 0.383 e. The summed E-state index contributed by atoms with van der Waals surface area (Å²) in [5.74, 6) is 0.769. The van der Waals surface area contributed by atoms with Crippen molar-refractivity contribution in [1.82, 2.24) is 10.6 Å². The van der Waals surface area contributed by atoms with Crippen LogP contribution in [-0.4, -0.2) is 57.1 Å². The maximum Gasteiger partial charge on any atom is 0.269 e. The van der Waals surface area contributed by atoms with Crippen molar-refractivity contribution in [2.45, 2.75) is 19.0 Å². The fourth-order valence-electron chi connectivity index (χ4n) is 2.42. The first kappa shape index (κ1) is 22.6. The van der Waals surface area contributed by atoms with Crippen LogP contribution in [0.3, 0.4) is 0 Å². The molecule has 2 N–H and O–H groups in total. The molecule has 0 saturated carbocycles. The molecule has 0 aliphatic carbocycles. The Morgan fingerprint density at radius 2 is 2.08 bits per heavy atom. The van der Waals surface area contributed by atoms with Crippen LogP contribution in [0.2, 0.25) is 0 Å². The first-order chi connectivity index (χ1) is 11.9. The lowest BCUT2D eigenvalue weighted by atomic mass is 10.2. The third kappa shape index (κ3) is 7.41. The monoisotopic (exact) mass is 498 g/mol. The molecule has 1 unspecified atom stereocenters. The molecule has 9 nitrogen and oxygen atoms in total. The van der Waals surface area contributed by atoms with E-state index < -0.39 is 14.8 Å². The maximum absolute atomic E-state index is 11.6. The van der Waals surface area contributed by atoms with Gasteiger partial charge in [-0.25, -0.2) is 13.4 Å². The van der Waals surface area contributed by atoms with E-state index in [1.807, 2.05) is 0 Å². The lowest BCUT2D eigenvalue weighted by Gasteiger charge is -2.16. The topological polar surface area (TPSA) is 123 Å². The van der Waals surface area contributed by atoms with Gasteiger partial charge in [-0.1, -0.05) is 12.1 Å². The van der Waals surface area contributed by atoms with Crippen molar-refractivity contribution in [1.29, 1.82) is 0 Å². The van der Waals surface area contributed by atoms with Crippen molar-refractivity contribution in [3.8, 4) is 0 Å². The number of non-ortho nitro benzene ring substituents is 1. The number of methoxy groups -OCH3 is 1. The van der Waals surface area contributed by atoms with Crippen LogP contribution < -0.4 is 10.6 Å². The van der Waals surface area contributed by atoms with Gasteiger partial charge in [0, 0.05) is 31.8 Å². The third-order valence-corrected chi connectivity index (χ3v) is 5.51. The average molecular weight is 498 g/mol. The average Bonchev–Trinajstić information content (AvgIpc) is 2.91. The van der Waals surface area contributed by atoms with E-state index in [1.54, 1.807) is 19.2 Å². The van der Waals surface area contributed by atoms with Crippen LogP contribution in [0.1, 0.15) is 12.0 Å². The molecule has 1 aromatic rings. The molecule has 1 aliphatic rings. The van der Waals surface area contributed by atoms with Crippen molar-refractivity contribution >= 4 is 45.5 Å². The zero-order valence-electron chi connectivity index (χ0n) is 14.4. The first-order valence-electron chi connectivity index (χ1n) is 7.87. The lowest BCUT2D eigenvalue weighted by molar-refractivity contribution is -0.384. The highest BCUT2D eigenvalue weighted by atomic mass is 127. The Bertz CT molecular complexity index is 724. The second-order valence-corrected chi connectivity index (χ2v) is 7.98. The van der Waals surface area contributed by atoms with Crippen LogP contribution in [0.5, 0.6) is 0 Å². The Kier molecular flexibility index (Phi) is 9.22. The Labute approximate surface area is 169 Å². The molecule has 146 valence electrons. The van der Waals surface area contributed by atoms with E-state index >= 15 is 0 Å². The highest BCUT2D eigenvalue weighted by molar-refractivity contribution is 14.0. The van der Waals surface area contributed by atoms with Gasteiger partial charge in [0.15, 0.2) is 15.8 Å². The predicted molar refractivity (Wildman–Crippen MR) is 110 cm³/mol. The van der Waals surface area contributed by atoms with Crippen molar-refractivity contribution in [3.05, 3.63) is 39.9 Å². The molecule has 0 amide bonds. The molecule has 0 spiro atoms. The van der Waals surface area contributed by atoms with Gasteiger partial charge >= 0.3 is 0 Å². The van der Waals surface area contributed by atoms with Crippen molar-refractivity contribution in [3.63, 3.8) is 0 Å². The van der Waals surface area contributed by atoms with Gasteiger partial charge < -0.3 is 15.4 Å². The lowest BCUT2D eigenvalue weighted by Crippen LogP contribution is -2.45. The standard InChI is InChI=1S/C15H22N4O5S.HI/c1-24-8-7-16-15(18-13-6-9-25(22,23)11-13)17-10-12-2-4-14(5-3-12)19(20)21;/h2-5,13H,6-11H2,1H3,(H2,16,17,18);1H. The number of nitrogens with one attached hydrogen (secondary N) is 2. The number of nitrogens with zero attached hydrogens (tertiary/aromatic N) is 2. The fraction of sp³-hybridized carbons (Fsp3) is 0.533. The van der Waals surface area contributed by atoms with Crippen molar-refractivity contribution < 1.29 is 18.1 Å². The highest BCUT2D eigenvalue weighted by Gasteiger charge is 2.28. The molecule has 1 fully saturated rings. The molecule has 1 heterocycles. The molecule has 0 aromatic heterocycles. The number of benzene rings is 1. The molecule has 0 bridgehead atoms. The smallest absolute Gasteiger partial charge is 0.269 e. The van der Waals surface area contributed by atoms with Gasteiger partial charge in [-0.15, -0.1) is 24.0 Å². The Balaban J connectivity index is 0.00000338. The van der Waals surface area contributed by atoms with E-state index in [4.69, 9.17) is 4.74 Å². The minimum absolute atomic E-state index is 0. The van der Waals surface area contributed by atoms with E-state index in [0.717, 1.165) is 5.56 Å². The third-order valence-electron chi connectivity index (χ3n) is 3.74. The highest BCUT2D eigenvalue weighted by Crippen LogP contribution is 2.13. The van der Waals surface area contributed by atoms with E-state index in [1.165, 1.54) is 12.1 Å². The predicted octanol–water partition coefficient (Wildman–Crippen LogP) is 1.08. The fourth-order valence-corrected chi connectivity index (χ4v) is 4.09. The van der Waals surface area contributed by atoms with Crippen LogP contribution in [0, 0.1) is 10.1 Å². The van der Waals surface area contributed by atoms with Gasteiger partial charge in [0.1, 0.15) is 0 Å². The zero-order valence-corrected chi connectivity index (χ0v) is 17.5. The Hall–Kier alpha value is -1.47. The summed E-state index contributed by atoms with van der Waals surface area (Å²) in [5, 5.41) is 16.9. The Morgan fingerprint density at radius 3 is 2.62 bits per heavy atom. The molecule has 1 aromatic carbocycles. The second kappa shape index (κ2) is 10.6. The second-order valence-electron chi connectivity index (χ2n) is 5.75. The molecular formula is C15H23IN4O5S. The summed E-state index contributed by atoms with van der Waals surface area (Å²) in [5.41, 5.74) is 0.845. The number of hydrogen-bond acceptors (Lipinski definition) is 6. The van der Waals surface area contributed by atoms with E-state index in [9.17, 15) is 18.5 Å². The number of rotatable bonds is 7. The molecule has 26 heavy (non-hydrogen) atoms. The molecule has 1 aliphatic heterocycles. The van der Waals surface area contributed by atoms with Gasteiger partial charge in [-0.2, -0.15) is 0 Å². The Morgan fingerprint density at radius 1 is 1.38 bits per heavy atom.